The summed E-state index contributed by atoms with van der Waals surface area (Å²) in [6.07, 6.45) is 2.62. The van der Waals surface area contributed by atoms with Crippen molar-refractivity contribution in [3.05, 3.63) is 42.8 Å². The van der Waals surface area contributed by atoms with Crippen LogP contribution < -0.4 is 16.7 Å². The molecule has 7 heteroatoms. The first-order chi connectivity index (χ1) is 10.1. The molecule has 0 bridgehead atoms. The van der Waals surface area contributed by atoms with Crippen molar-refractivity contribution in [1.29, 1.82) is 0 Å². The summed E-state index contributed by atoms with van der Waals surface area (Å²) in [6.45, 7) is 2.95. The highest BCUT2D eigenvalue weighted by molar-refractivity contribution is 5.73. The number of aromatic amines is 2. The van der Waals surface area contributed by atoms with E-state index in [0.717, 1.165) is 18.5 Å². The Bertz CT molecular complexity index is 800. The van der Waals surface area contributed by atoms with Crippen molar-refractivity contribution in [1.82, 2.24) is 14.5 Å². The van der Waals surface area contributed by atoms with Crippen LogP contribution in [-0.2, 0) is 17.7 Å². The van der Waals surface area contributed by atoms with Crippen LogP contribution in [0.1, 0.15) is 25.5 Å². The van der Waals surface area contributed by atoms with Crippen molar-refractivity contribution >= 4 is 11.0 Å². The number of unbranched alkanes of at least 4 members (excludes halogenated alkanes) is 1. The first-order valence-electron chi connectivity index (χ1n) is 6.96. The SMILES string of the molecule is CCCCc1cc(=O)c2c(=O)[nH]c(=O)[nH]c2n1CCOC. The van der Waals surface area contributed by atoms with Crippen molar-refractivity contribution in [2.24, 2.45) is 0 Å². The molecule has 0 aliphatic rings. The van der Waals surface area contributed by atoms with E-state index < -0.39 is 11.2 Å². The summed E-state index contributed by atoms with van der Waals surface area (Å²) < 4.78 is 6.85. The lowest BCUT2D eigenvalue weighted by Gasteiger charge is -2.15. The molecule has 2 rings (SSSR count). The maximum absolute atomic E-state index is 12.1. The largest absolute Gasteiger partial charge is 0.383 e. The van der Waals surface area contributed by atoms with Gasteiger partial charge in [-0.05, 0) is 12.8 Å². The number of nitrogens with zero attached hydrogens (tertiary/aromatic N) is 1. The second-order valence-electron chi connectivity index (χ2n) is 4.88. The molecule has 0 saturated carbocycles. The van der Waals surface area contributed by atoms with E-state index in [-0.39, 0.29) is 16.5 Å². The standard InChI is InChI=1S/C14H19N3O4/c1-3-4-5-9-8-10(18)11-12(17(9)6-7-21-2)15-14(20)16-13(11)19/h8H,3-7H2,1-2H3,(H2,15,16,19,20). The summed E-state index contributed by atoms with van der Waals surface area (Å²) in [5.41, 5.74) is -0.591. The van der Waals surface area contributed by atoms with Crippen LogP contribution in [0.4, 0.5) is 0 Å². The van der Waals surface area contributed by atoms with Crippen LogP contribution in [0, 0.1) is 0 Å². The van der Waals surface area contributed by atoms with Gasteiger partial charge in [0.1, 0.15) is 11.0 Å². The zero-order chi connectivity index (χ0) is 15.4. The Morgan fingerprint density at radius 2 is 2.00 bits per heavy atom. The lowest BCUT2D eigenvalue weighted by molar-refractivity contribution is 0.187. The minimum absolute atomic E-state index is 0.0223. The topological polar surface area (TPSA) is 97.0 Å². The fourth-order valence-electron chi connectivity index (χ4n) is 2.35. The summed E-state index contributed by atoms with van der Waals surface area (Å²) >= 11 is 0. The van der Waals surface area contributed by atoms with Gasteiger partial charge < -0.3 is 9.30 Å². The molecular formula is C14H19N3O4. The van der Waals surface area contributed by atoms with Gasteiger partial charge in [0.15, 0.2) is 5.43 Å². The molecule has 2 aromatic heterocycles. The lowest BCUT2D eigenvalue weighted by Crippen LogP contribution is -2.30. The Balaban J connectivity index is 2.75. The quantitative estimate of drug-likeness (QED) is 0.804. The Morgan fingerprint density at radius 1 is 1.24 bits per heavy atom. The van der Waals surface area contributed by atoms with Gasteiger partial charge in [0.2, 0.25) is 0 Å². The van der Waals surface area contributed by atoms with E-state index in [4.69, 9.17) is 4.74 Å². The molecular weight excluding hydrogens is 274 g/mol. The predicted molar refractivity (Wildman–Crippen MR) is 79.9 cm³/mol. The van der Waals surface area contributed by atoms with E-state index in [9.17, 15) is 14.4 Å². The molecule has 0 atom stereocenters. The fraction of sp³-hybridized carbons (Fsp3) is 0.500. The van der Waals surface area contributed by atoms with E-state index >= 15 is 0 Å². The van der Waals surface area contributed by atoms with Crippen LogP contribution in [0.2, 0.25) is 0 Å². The zero-order valence-corrected chi connectivity index (χ0v) is 12.2. The number of rotatable bonds is 6. The number of H-pyrrole nitrogens is 2. The van der Waals surface area contributed by atoms with E-state index in [1.54, 1.807) is 11.7 Å². The molecule has 7 nitrogen and oxygen atoms in total. The number of aromatic nitrogens is 3. The van der Waals surface area contributed by atoms with Gasteiger partial charge in [-0.2, -0.15) is 0 Å². The van der Waals surface area contributed by atoms with Crippen molar-refractivity contribution in [2.45, 2.75) is 32.7 Å². The number of hydrogen-bond donors (Lipinski definition) is 2. The van der Waals surface area contributed by atoms with Gasteiger partial charge in [-0.3, -0.25) is 19.6 Å². The van der Waals surface area contributed by atoms with Gasteiger partial charge in [0, 0.05) is 25.4 Å². The molecule has 0 fully saturated rings. The van der Waals surface area contributed by atoms with Gasteiger partial charge >= 0.3 is 5.69 Å². The Labute approximate surface area is 120 Å². The van der Waals surface area contributed by atoms with Gasteiger partial charge in [0.05, 0.1) is 6.61 Å². The van der Waals surface area contributed by atoms with Crippen LogP contribution in [0.3, 0.4) is 0 Å². The number of nitrogens with one attached hydrogen (secondary N) is 2. The van der Waals surface area contributed by atoms with Crippen molar-refractivity contribution < 1.29 is 4.74 Å². The number of hydrogen-bond acceptors (Lipinski definition) is 4. The van der Waals surface area contributed by atoms with Crippen LogP contribution in [-0.4, -0.2) is 28.3 Å². The van der Waals surface area contributed by atoms with Crippen LogP contribution in [0.25, 0.3) is 11.0 Å². The zero-order valence-electron chi connectivity index (χ0n) is 12.2. The number of methoxy groups -OCH3 is 1. The highest BCUT2D eigenvalue weighted by atomic mass is 16.5. The van der Waals surface area contributed by atoms with E-state index in [2.05, 4.69) is 16.9 Å². The number of ether oxygens (including phenoxy) is 1. The monoisotopic (exact) mass is 293 g/mol. The molecule has 0 aromatic carbocycles. The summed E-state index contributed by atoms with van der Waals surface area (Å²) in [4.78, 5) is 40.1. The summed E-state index contributed by atoms with van der Waals surface area (Å²) in [5.74, 6) is 0. The molecule has 0 spiro atoms. The maximum atomic E-state index is 12.1. The van der Waals surface area contributed by atoms with Crippen molar-refractivity contribution in [2.75, 3.05) is 13.7 Å². The molecule has 0 radical (unpaired) electrons. The number of pyridine rings is 1. The molecule has 0 saturated heterocycles. The van der Waals surface area contributed by atoms with Gasteiger partial charge in [-0.25, -0.2) is 4.79 Å². The summed E-state index contributed by atoms with van der Waals surface area (Å²) in [6, 6.07) is 1.47. The van der Waals surface area contributed by atoms with E-state index in [1.807, 2.05) is 0 Å². The van der Waals surface area contributed by atoms with Crippen molar-refractivity contribution in [3.8, 4) is 0 Å². The molecule has 0 aliphatic carbocycles. The third-order valence-corrected chi connectivity index (χ3v) is 3.39. The molecule has 2 heterocycles. The van der Waals surface area contributed by atoms with Crippen LogP contribution in [0.5, 0.6) is 0 Å². The minimum Gasteiger partial charge on any atom is -0.383 e. The Morgan fingerprint density at radius 3 is 2.67 bits per heavy atom. The summed E-state index contributed by atoms with van der Waals surface area (Å²) in [7, 11) is 1.58. The number of fused-ring (bicyclic) bond motifs is 1. The molecule has 2 aromatic rings. The highest BCUT2D eigenvalue weighted by Gasteiger charge is 2.13. The van der Waals surface area contributed by atoms with Crippen LogP contribution in [0.15, 0.2) is 20.4 Å². The van der Waals surface area contributed by atoms with Crippen molar-refractivity contribution in [3.63, 3.8) is 0 Å². The van der Waals surface area contributed by atoms with E-state index in [0.29, 0.717) is 19.6 Å². The molecule has 2 N–H and O–H groups in total. The predicted octanol–water partition coefficient (Wildman–Crippen LogP) is 0.367. The molecule has 0 aliphatic heterocycles. The van der Waals surface area contributed by atoms with Gasteiger partial charge in [-0.1, -0.05) is 13.3 Å². The molecule has 0 unspecified atom stereocenters. The average Bonchev–Trinajstić information content (AvgIpc) is 2.43. The van der Waals surface area contributed by atoms with E-state index in [1.165, 1.54) is 6.07 Å². The van der Waals surface area contributed by atoms with Crippen LogP contribution >= 0.6 is 0 Å². The maximum Gasteiger partial charge on any atom is 0.327 e. The smallest absolute Gasteiger partial charge is 0.327 e. The second-order valence-corrected chi connectivity index (χ2v) is 4.88. The third-order valence-electron chi connectivity index (χ3n) is 3.39. The molecule has 114 valence electrons. The minimum atomic E-state index is -0.660. The second kappa shape index (κ2) is 6.53. The number of aryl methyl sites for hydroxylation is 1. The average molecular weight is 293 g/mol. The van der Waals surface area contributed by atoms with Gasteiger partial charge in [-0.15, -0.1) is 0 Å². The first kappa shape index (κ1) is 15.2. The van der Waals surface area contributed by atoms with Gasteiger partial charge in [0.25, 0.3) is 5.56 Å². The summed E-state index contributed by atoms with van der Waals surface area (Å²) in [5, 5.41) is -0.0223. The Kier molecular flexibility index (Phi) is 4.74. The lowest BCUT2D eigenvalue weighted by atomic mass is 10.1. The fourth-order valence-corrected chi connectivity index (χ4v) is 2.35. The molecule has 0 amide bonds. The normalized spacial score (nSPS) is 11.1. The first-order valence-corrected chi connectivity index (χ1v) is 6.96. The Hall–Kier alpha value is -2.15. The highest BCUT2D eigenvalue weighted by Crippen LogP contribution is 2.10. The molecule has 21 heavy (non-hydrogen) atoms. The third kappa shape index (κ3) is 3.13.